The molecule has 3 rings (SSSR count). The predicted molar refractivity (Wildman–Crippen MR) is 126 cm³/mol. The highest BCUT2D eigenvalue weighted by Crippen LogP contribution is 2.20. The maximum atomic E-state index is 6.08. The van der Waals surface area contributed by atoms with Crippen molar-refractivity contribution in [1.82, 2.24) is 10.2 Å². The van der Waals surface area contributed by atoms with Crippen molar-refractivity contribution in [2.75, 3.05) is 19.6 Å². The topological polar surface area (TPSA) is 62.9 Å². The largest absolute Gasteiger partial charge is 0.489 e. The van der Waals surface area contributed by atoms with Gasteiger partial charge in [-0.05, 0) is 37.6 Å². The molecule has 0 radical (unpaired) electrons. The van der Waals surface area contributed by atoms with Gasteiger partial charge in [-0.2, -0.15) is 0 Å². The maximum Gasteiger partial charge on any atom is 0.188 e. The Hall–Kier alpha value is -1.80. The molecule has 1 aliphatic rings. The Morgan fingerprint density at radius 1 is 1.18 bits per heavy atom. The van der Waals surface area contributed by atoms with Crippen LogP contribution in [0.25, 0.3) is 0 Å². The number of nitrogens with one attached hydrogen (secondary N) is 1. The van der Waals surface area contributed by atoms with Crippen LogP contribution in [0.1, 0.15) is 30.9 Å². The Morgan fingerprint density at radius 3 is 2.71 bits per heavy atom. The quantitative estimate of drug-likeness (QED) is 0.333. The van der Waals surface area contributed by atoms with Gasteiger partial charge in [0.2, 0.25) is 0 Å². The lowest BCUT2D eigenvalue weighted by Crippen LogP contribution is -2.42. The van der Waals surface area contributed by atoms with Gasteiger partial charge < -0.3 is 15.8 Å². The second-order valence-electron chi connectivity index (χ2n) is 6.89. The smallest absolute Gasteiger partial charge is 0.188 e. The number of nitrogens with two attached hydrogens (primary N) is 1. The second-order valence-corrected chi connectivity index (χ2v) is 6.89. The SMILES string of the molecule is CCN1CCCC1CNC(N)=NCc1ccccc1OCc1ccccc1.I. The van der Waals surface area contributed by atoms with Crippen molar-refractivity contribution in [3.05, 3.63) is 65.7 Å². The van der Waals surface area contributed by atoms with E-state index in [2.05, 4.69) is 34.3 Å². The molecule has 6 heteroatoms. The number of guanidine groups is 1. The Balaban J connectivity index is 0.00000280. The Labute approximate surface area is 185 Å². The predicted octanol–water partition coefficient (Wildman–Crippen LogP) is 3.77. The van der Waals surface area contributed by atoms with Gasteiger partial charge in [-0.1, -0.05) is 55.5 Å². The van der Waals surface area contributed by atoms with Crippen molar-refractivity contribution in [3.8, 4) is 5.75 Å². The van der Waals surface area contributed by atoms with Crippen LogP contribution < -0.4 is 15.8 Å². The highest BCUT2D eigenvalue weighted by molar-refractivity contribution is 14.0. The van der Waals surface area contributed by atoms with Crippen molar-refractivity contribution in [3.63, 3.8) is 0 Å². The zero-order valence-electron chi connectivity index (χ0n) is 16.5. The molecule has 0 saturated carbocycles. The lowest BCUT2D eigenvalue weighted by Gasteiger charge is -2.23. The molecular formula is C22H31IN4O. The van der Waals surface area contributed by atoms with Crippen molar-refractivity contribution >= 4 is 29.9 Å². The van der Waals surface area contributed by atoms with Crippen LogP contribution in [-0.2, 0) is 13.2 Å². The summed E-state index contributed by atoms with van der Waals surface area (Å²) in [5.41, 5.74) is 8.26. The average molecular weight is 494 g/mol. The van der Waals surface area contributed by atoms with E-state index < -0.39 is 0 Å². The molecular weight excluding hydrogens is 463 g/mol. The normalized spacial score (nSPS) is 17.2. The first-order chi connectivity index (χ1) is 13.3. The van der Waals surface area contributed by atoms with Crippen LogP contribution in [0.3, 0.4) is 0 Å². The number of hydrogen-bond donors (Lipinski definition) is 2. The minimum atomic E-state index is 0. The summed E-state index contributed by atoms with van der Waals surface area (Å²) in [7, 11) is 0. The summed E-state index contributed by atoms with van der Waals surface area (Å²) in [6.07, 6.45) is 2.49. The summed E-state index contributed by atoms with van der Waals surface area (Å²) in [4.78, 5) is 7.00. The molecule has 2 aromatic rings. The summed E-state index contributed by atoms with van der Waals surface area (Å²) in [5.74, 6) is 1.35. The van der Waals surface area contributed by atoms with Gasteiger partial charge in [-0.3, -0.25) is 4.90 Å². The molecule has 0 aliphatic carbocycles. The van der Waals surface area contributed by atoms with E-state index in [-0.39, 0.29) is 24.0 Å². The highest BCUT2D eigenvalue weighted by atomic mass is 127. The van der Waals surface area contributed by atoms with E-state index in [1.54, 1.807) is 0 Å². The van der Waals surface area contributed by atoms with Crippen LogP contribution in [-0.4, -0.2) is 36.5 Å². The molecule has 0 spiro atoms. The molecule has 0 amide bonds. The van der Waals surface area contributed by atoms with E-state index in [0.717, 1.165) is 30.0 Å². The van der Waals surface area contributed by atoms with Gasteiger partial charge in [0.15, 0.2) is 5.96 Å². The van der Waals surface area contributed by atoms with Gasteiger partial charge in [0.1, 0.15) is 12.4 Å². The molecule has 0 aromatic heterocycles. The third-order valence-corrected chi connectivity index (χ3v) is 5.05. The maximum absolute atomic E-state index is 6.08. The van der Waals surface area contributed by atoms with E-state index in [4.69, 9.17) is 10.5 Å². The van der Waals surface area contributed by atoms with Gasteiger partial charge in [-0.15, -0.1) is 24.0 Å². The average Bonchev–Trinajstić information content (AvgIpc) is 3.18. The van der Waals surface area contributed by atoms with Crippen LogP contribution in [0.5, 0.6) is 5.75 Å². The molecule has 1 fully saturated rings. The number of hydrogen-bond acceptors (Lipinski definition) is 3. The van der Waals surface area contributed by atoms with Crippen LogP contribution in [0.2, 0.25) is 0 Å². The third-order valence-electron chi connectivity index (χ3n) is 5.05. The summed E-state index contributed by atoms with van der Waals surface area (Å²) in [5, 5.41) is 3.28. The van der Waals surface area contributed by atoms with Crippen molar-refractivity contribution in [2.24, 2.45) is 10.7 Å². The minimum absolute atomic E-state index is 0. The fraction of sp³-hybridized carbons (Fsp3) is 0.409. The molecule has 5 nitrogen and oxygen atoms in total. The fourth-order valence-electron chi connectivity index (χ4n) is 3.50. The number of likely N-dealkylation sites (tertiary alicyclic amines) is 1. The lowest BCUT2D eigenvalue weighted by molar-refractivity contribution is 0.267. The summed E-state index contributed by atoms with van der Waals surface area (Å²) < 4.78 is 5.99. The number of rotatable bonds is 8. The fourth-order valence-corrected chi connectivity index (χ4v) is 3.50. The zero-order chi connectivity index (χ0) is 18.9. The molecule has 3 N–H and O–H groups in total. The first-order valence-electron chi connectivity index (χ1n) is 9.78. The standard InChI is InChI=1S/C22H30N4O.HI/c1-2-26-14-8-12-20(26)16-25-22(23)24-15-19-11-6-7-13-21(19)27-17-18-9-4-3-5-10-18;/h3-7,9-11,13,20H,2,8,12,14-17H2,1H3,(H3,23,24,25);1H. The molecule has 1 saturated heterocycles. The van der Waals surface area contributed by atoms with E-state index in [1.807, 2.05) is 42.5 Å². The number of halogens is 1. The highest BCUT2D eigenvalue weighted by Gasteiger charge is 2.22. The van der Waals surface area contributed by atoms with Gasteiger partial charge in [0.05, 0.1) is 6.54 Å². The molecule has 1 aliphatic heterocycles. The number of aliphatic imine (C=N–C) groups is 1. The molecule has 2 aromatic carbocycles. The summed E-state index contributed by atoms with van der Waals surface area (Å²) >= 11 is 0. The lowest BCUT2D eigenvalue weighted by atomic mass is 10.2. The molecule has 1 unspecified atom stereocenters. The Morgan fingerprint density at radius 2 is 1.93 bits per heavy atom. The van der Waals surface area contributed by atoms with Crippen molar-refractivity contribution in [1.29, 1.82) is 0 Å². The van der Waals surface area contributed by atoms with Crippen LogP contribution in [0, 0.1) is 0 Å². The van der Waals surface area contributed by atoms with Crippen LogP contribution in [0.4, 0.5) is 0 Å². The first kappa shape index (κ1) is 22.5. The number of nitrogens with zero attached hydrogens (tertiary/aromatic N) is 2. The molecule has 152 valence electrons. The number of likely N-dealkylation sites (N-methyl/N-ethyl adjacent to an activating group) is 1. The monoisotopic (exact) mass is 494 g/mol. The van der Waals surface area contributed by atoms with Crippen LogP contribution >= 0.6 is 24.0 Å². The molecule has 1 atom stereocenters. The van der Waals surface area contributed by atoms with Gasteiger partial charge in [0, 0.05) is 18.2 Å². The summed E-state index contributed by atoms with van der Waals surface area (Å²) in [6.45, 7) is 6.40. The van der Waals surface area contributed by atoms with Gasteiger partial charge >= 0.3 is 0 Å². The molecule has 1 heterocycles. The van der Waals surface area contributed by atoms with Gasteiger partial charge in [0.25, 0.3) is 0 Å². The van der Waals surface area contributed by atoms with Gasteiger partial charge in [-0.25, -0.2) is 4.99 Å². The van der Waals surface area contributed by atoms with Crippen molar-refractivity contribution < 1.29 is 4.74 Å². The zero-order valence-corrected chi connectivity index (χ0v) is 18.8. The number of benzene rings is 2. The third kappa shape index (κ3) is 6.67. The van der Waals surface area contributed by atoms with E-state index >= 15 is 0 Å². The Bertz CT molecular complexity index is 738. The van der Waals surface area contributed by atoms with E-state index in [0.29, 0.717) is 25.2 Å². The van der Waals surface area contributed by atoms with E-state index in [1.165, 1.54) is 19.4 Å². The van der Waals surface area contributed by atoms with E-state index in [9.17, 15) is 0 Å². The Kier molecular flexibility index (Phi) is 9.57. The second kappa shape index (κ2) is 11.9. The first-order valence-corrected chi connectivity index (χ1v) is 9.78. The summed E-state index contributed by atoms with van der Waals surface area (Å²) in [6, 6.07) is 18.7. The van der Waals surface area contributed by atoms with Crippen LogP contribution in [0.15, 0.2) is 59.6 Å². The minimum Gasteiger partial charge on any atom is -0.489 e. The van der Waals surface area contributed by atoms with Crippen molar-refractivity contribution in [2.45, 2.75) is 39.0 Å². The number of para-hydroxylation sites is 1. The number of ether oxygens (including phenoxy) is 1. The molecule has 0 bridgehead atoms. The molecule has 28 heavy (non-hydrogen) atoms.